The monoisotopic (exact) mass is 285 g/mol. The van der Waals surface area contributed by atoms with Crippen LogP contribution in [0.15, 0.2) is 24.3 Å². The van der Waals surface area contributed by atoms with Crippen molar-refractivity contribution in [3.05, 3.63) is 35.4 Å². The summed E-state index contributed by atoms with van der Waals surface area (Å²) in [7, 11) is 0. The van der Waals surface area contributed by atoms with Crippen LogP contribution in [-0.4, -0.2) is 17.6 Å². The minimum Gasteiger partial charge on any atom is -0.395 e. The van der Waals surface area contributed by atoms with E-state index >= 15 is 0 Å². The van der Waals surface area contributed by atoms with Crippen molar-refractivity contribution in [1.82, 2.24) is 5.32 Å². The molecule has 1 amide bonds. The summed E-state index contributed by atoms with van der Waals surface area (Å²) >= 11 is 0. The molecule has 0 aromatic heterocycles. The Morgan fingerprint density at radius 1 is 1.52 bits per heavy atom. The van der Waals surface area contributed by atoms with Crippen LogP contribution in [0.5, 0.6) is 0 Å². The first-order valence-corrected chi connectivity index (χ1v) is 7.44. The molecule has 112 valence electrons. The van der Waals surface area contributed by atoms with E-state index in [9.17, 15) is 4.79 Å². The van der Waals surface area contributed by atoms with Crippen molar-refractivity contribution < 1.29 is 9.90 Å². The van der Waals surface area contributed by atoms with Gasteiger partial charge in [-0.1, -0.05) is 37.8 Å². The van der Waals surface area contributed by atoms with E-state index in [0.717, 1.165) is 17.5 Å². The normalized spacial score (nSPS) is 20.1. The highest BCUT2D eigenvalue weighted by Gasteiger charge is 2.50. The number of hydrogen-bond acceptors (Lipinski definition) is 2. The Morgan fingerprint density at radius 2 is 2.24 bits per heavy atom. The lowest BCUT2D eigenvalue weighted by molar-refractivity contribution is -0.123. The highest BCUT2D eigenvalue weighted by molar-refractivity contribution is 5.82. The lowest BCUT2D eigenvalue weighted by Crippen LogP contribution is -2.29. The number of amides is 1. The molecule has 1 saturated carbocycles. The van der Waals surface area contributed by atoms with Gasteiger partial charge >= 0.3 is 0 Å². The summed E-state index contributed by atoms with van der Waals surface area (Å²) in [6.07, 6.45) is 1.45. The third-order valence-corrected chi connectivity index (χ3v) is 4.04. The van der Waals surface area contributed by atoms with Crippen molar-refractivity contribution >= 4 is 5.91 Å². The van der Waals surface area contributed by atoms with Crippen LogP contribution in [0.4, 0.5) is 0 Å². The van der Waals surface area contributed by atoms with Crippen LogP contribution in [0.25, 0.3) is 0 Å². The first-order valence-electron chi connectivity index (χ1n) is 7.44. The standard InChI is InChI=1S/C18H23NO2/c1-13(19-17(21)16-12-18(16,2)3)15-9-6-8-14(11-15)7-4-5-10-20/h6,8-9,11,13,16,20H,5,10,12H2,1-3H3,(H,19,21). The van der Waals surface area contributed by atoms with Gasteiger partial charge in [-0.2, -0.15) is 0 Å². The number of rotatable bonds is 4. The Balaban J connectivity index is 1.99. The molecule has 3 heteroatoms. The van der Waals surface area contributed by atoms with E-state index in [0.29, 0.717) is 6.42 Å². The van der Waals surface area contributed by atoms with E-state index in [4.69, 9.17) is 5.11 Å². The third-order valence-electron chi connectivity index (χ3n) is 4.04. The minimum absolute atomic E-state index is 0.0199. The molecule has 2 unspecified atom stereocenters. The largest absolute Gasteiger partial charge is 0.395 e. The average Bonchev–Trinajstić information content (AvgIpc) is 3.08. The SMILES string of the molecule is CC(NC(=O)C1CC1(C)C)c1cccc(C#CCCO)c1. The second kappa shape index (κ2) is 6.32. The quantitative estimate of drug-likeness (QED) is 0.836. The molecule has 0 aliphatic heterocycles. The number of aliphatic hydroxyl groups excluding tert-OH is 1. The fraction of sp³-hybridized carbons (Fsp3) is 0.500. The first-order chi connectivity index (χ1) is 9.94. The zero-order valence-electron chi connectivity index (χ0n) is 12.9. The van der Waals surface area contributed by atoms with E-state index in [1.54, 1.807) is 0 Å². The molecular formula is C18H23NO2. The maximum Gasteiger partial charge on any atom is 0.224 e. The van der Waals surface area contributed by atoms with Gasteiger partial charge < -0.3 is 10.4 Å². The summed E-state index contributed by atoms with van der Waals surface area (Å²) in [5.41, 5.74) is 2.12. The van der Waals surface area contributed by atoms with Crippen LogP contribution in [0.1, 0.15) is 50.8 Å². The number of benzene rings is 1. The van der Waals surface area contributed by atoms with Gasteiger partial charge in [0.05, 0.1) is 12.6 Å². The third kappa shape index (κ3) is 4.09. The highest BCUT2D eigenvalue weighted by atomic mass is 16.2. The molecule has 0 heterocycles. The van der Waals surface area contributed by atoms with Crippen LogP contribution in [-0.2, 0) is 4.79 Å². The second-order valence-electron chi connectivity index (χ2n) is 6.38. The van der Waals surface area contributed by atoms with Crippen LogP contribution in [0.2, 0.25) is 0 Å². The summed E-state index contributed by atoms with van der Waals surface area (Å²) in [6, 6.07) is 7.86. The van der Waals surface area contributed by atoms with Crippen LogP contribution >= 0.6 is 0 Å². The average molecular weight is 285 g/mol. The predicted molar refractivity (Wildman–Crippen MR) is 83.5 cm³/mol. The molecule has 0 saturated heterocycles. The van der Waals surface area contributed by atoms with E-state index < -0.39 is 0 Å². The van der Waals surface area contributed by atoms with Gasteiger partial charge in [-0.3, -0.25) is 4.79 Å². The molecule has 2 N–H and O–H groups in total. The first kappa shape index (κ1) is 15.6. The summed E-state index contributed by atoms with van der Waals surface area (Å²) in [5.74, 6) is 6.22. The van der Waals surface area contributed by atoms with Crippen molar-refractivity contribution in [2.45, 2.75) is 39.7 Å². The molecule has 1 aromatic carbocycles. The number of carbonyl (C=O) groups excluding carboxylic acids is 1. The minimum atomic E-state index is -0.0199. The van der Waals surface area contributed by atoms with E-state index in [1.807, 2.05) is 31.2 Å². The van der Waals surface area contributed by atoms with Crippen LogP contribution in [0.3, 0.4) is 0 Å². The summed E-state index contributed by atoms with van der Waals surface area (Å²) in [4.78, 5) is 12.1. The van der Waals surface area contributed by atoms with Crippen LogP contribution < -0.4 is 5.32 Å². The summed E-state index contributed by atoms with van der Waals surface area (Å²) < 4.78 is 0. The van der Waals surface area contributed by atoms with Crippen molar-refractivity contribution in [2.75, 3.05) is 6.61 Å². The Kier molecular flexibility index (Phi) is 4.69. The topological polar surface area (TPSA) is 49.3 Å². The molecule has 2 rings (SSSR count). The molecule has 21 heavy (non-hydrogen) atoms. The van der Waals surface area contributed by atoms with Crippen molar-refractivity contribution in [1.29, 1.82) is 0 Å². The van der Waals surface area contributed by atoms with Gasteiger partial charge in [0, 0.05) is 17.9 Å². The molecule has 1 aliphatic carbocycles. The predicted octanol–water partition coefficient (Wildman–Crippen LogP) is 2.64. The molecule has 0 bridgehead atoms. The fourth-order valence-electron chi connectivity index (χ4n) is 2.42. The zero-order chi connectivity index (χ0) is 15.5. The van der Waals surface area contributed by atoms with E-state index in [1.165, 1.54) is 0 Å². The summed E-state index contributed by atoms with van der Waals surface area (Å²) in [6.45, 7) is 6.32. The van der Waals surface area contributed by atoms with Gasteiger partial charge in [0.2, 0.25) is 5.91 Å². The van der Waals surface area contributed by atoms with Gasteiger partial charge in [0.15, 0.2) is 0 Å². The molecule has 2 atom stereocenters. The number of nitrogens with one attached hydrogen (secondary N) is 1. The van der Waals surface area contributed by atoms with E-state index in [2.05, 4.69) is 31.0 Å². The van der Waals surface area contributed by atoms with Gasteiger partial charge in [0.1, 0.15) is 0 Å². The fourth-order valence-corrected chi connectivity index (χ4v) is 2.42. The zero-order valence-corrected chi connectivity index (χ0v) is 12.9. The van der Waals surface area contributed by atoms with Crippen molar-refractivity contribution in [2.24, 2.45) is 11.3 Å². The summed E-state index contributed by atoms with van der Waals surface area (Å²) in [5, 5.41) is 11.8. The maximum absolute atomic E-state index is 12.1. The smallest absolute Gasteiger partial charge is 0.224 e. The van der Waals surface area contributed by atoms with Gasteiger partial charge in [-0.25, -0.2) is 0 Å². The molecule has 1 aliphatic rings. The molecular weight excluding hydrogens is 262 g/mol. The molecule has 3 nitrogen and oxygen atoms in total. The Labute approximate surface area is 126 Å². The molecule has 1 fully saturated rings. The molecule has 0 radical (unpaired) electrons. The second-order valence-corrected chi connectivity index (χ2v) is 6.38. The Bertz CT molecular complexity index is 580. The molecule has 1 aromatic rings. The van der Waals surface area contributed by atoms with Gasteiger partial charge in [0.25, 0.3) is 0 Å². The maximum atomic E-state index is 12.1. The Morgan fingerprint density at radius 3 is 2.86 bits per heavy atom. The number of carbonyl (C=O) groups is 1. The van der Waals surface area contributed by atoms with Crippen LogP contribution in [0, 0.1) is 23.2 Å². The highest BCUT2D eigenvalue weighted by Crippen LogP contribution is 2.51. The van der Waals surface area contributed by atoms with Crippen molar-refractivity contribution in [3.63, 3.8) is 0 Å². The lowest BCUT2D eigenvalue weighted by atomic mass is 10.0. The number of hydrogen-bond donors (Lipinski definition) is 2. The number of aliphatic hydroxyl groups is 1. The van der Waals surface area contributed by atoms with Gasteiger partial charge in [-0.15, -0.1) is 0 Å². The van der Waals surface area contributed by atoms with E-state index in [-0.39, 0.29) is 29.9 Å². The van der Waals surface area contributed by atoms with Gasteiger partial charge in [-0.05, 0) is 36.5 Å². The lowest BCUT2D eigenvalue weighted by Gasteiger charge is -2.15. The molecule has 0 spiro atoms. The van der Waals surface area contributed by atoms with Crippen molar-refractivity contribution in [3.8, 4) is 11.8 Å². The Hall–Kier alpha value is -1.79.